The van der Waals surface area contributed by atoms with Gasteiger partial charge >= 0.3 is 0 Å². The molecule has 20 heavy (non-hydrogen) atoms. The highest BCUT2D eigenvalue weighted by molar-refractivity contribution is 9.10. The highest BCUT2D eigenvalue weighted by Gasteiger charge is 2.22. The third-order valence-electron chi connectivity index (χ3n) is 2.61. The zero-order chi connectivity index (χ0) is 14.8. The fourth-order valence-corrected chi connectivity index (χ4v) is 3.78. The molecule has 2 aromatic rings. The first kappa shape index (κ1) is 15.5. The fourth-order valence-electron chi connectivity index (χ4n) is 1.57. The molecule has 0 fully saturated rings. The molecule has 108 valence electrons. The maximum Gasteiger partial charge on any atom is 0.245 e. The Balaban J connectivity index is 2.19. The summed E-state index contributed by atoms with van der Waals surface area (Å²) in [5, 5.41) is 0.504. The van der Waals surface area contributed by atoms with Gasteiger partial charge in [0.25, 0.3) is 0 Å². The van der Waals surface area contributed by atoms with Crippen LogP contribution in [-0.2, 0) is 23.1 Å². The van der Waals surface area contributed by atoms with Gasteiger partial charge in [-0.2, -0.15) is 0 Å². The van der Waals surface area contributed by atoms with E-state index in [0.29, 0.717) is 16.3 Å². The molecule has 8 heteroatoms. The van der Waals surface area contributed by atoms with Gasteiger partial charge in [-0.3, -0.25) is 0 Å². The van der Waals surface area contributed by atoms with Crippen LogP contribution in [0, 0.1) is 0 Å². The molecule has 0 spiro atoms. The van der Waals surface area contributed by atoms with Crippen molar-refractivity contribution in [2.45, 2.75) is 18.0 Å². The molecule has 0 radical (unpaired) electrons. The van der Waals surface area contributed by atoms with E-state index in [2.05, 4.69) is 20.7 Å². The van der Waals surface area contributed by atoms with E-state index in [1.165, 1.54) is 6.07 Å². The zero-order valence-corrected chi connectivity index (χ0v) is 13.4. The number of hydrogen-bond acceptors (Lipinski definition) is 4. The molecule has 0 saturated heterocycles. The number of halogens is 2. The fraction of sp³-hybridized carbons (Fsp3) is 0.167. The highest BCUT2D eigenvalue weighted by atomic mass is 79.9. The van der Waals surface area contributed by atoms with Crippen LogP contribution in [0.4, 0.5) is 0 Å². The molecule has 1 aromatic heterocycles. The van der Waals surface area contributed by atoms with Crippen molar-refractivity contribution in [3.05, 3.63) is 51.3 Å². The molecule has 5 nitrogen and oxygen atoms in total. The Labute approximate surface area is 130 Å². The van der Waals surface area contributed by atoms with E-state index >= 15 is 0 Å². The van der Waals surface area contributed by atoms with Crippen molar-refractivity contribution in [3.8, 4) is 0 Å². The van der Waals surface area contributed by atoms with Crippen molar-refractivity contribution in [2.24, 2.45) is 5.73 Å². The van der Waals surface area contributed by atoms with Crippen LogP contribution in [0.2, 0.25) is 5.02 Å². The Morgan fingerprint density at radius 3 is 2.65 bits per heavy atom. The van der Waals surface area contributed by atoms with Crippen molar-refractivity contribution < 1.29 is 12.8 Å². The number of nitrogens with one attached hydrogen (secondary N) is 1. The van der Waals surface area contributed by atoms with Gasteiger partial charge in [0.05, 0.1) is 6.54 Å². The minimum Gasteiger partial charge on any atom is -0.452 e. The number of nitrogens with two attached hydrogens (primary N) is 1. The lowest BCUT2D eigenvalue weighted by molar-refractivity contribution is 0.483. The predicted octanol–water partition coefficient (Wildman–Crippen LogP) is 2.63. The molecule has 0 aliphatic heterocycles. The van der Waals surface area contributed by atoms with Crippen LogP contribution in [0.3, 0.4) is 0 Å². The quantitative estimate of drug-likeness (QED) is 0.836. The summed E-state index contributed by atoms with van der Waals surface area (Å²) in [4.78, 5) is 0.0185. The molecule has 0 atom stereocenters. The van der Waals surface area contributed by atoms with Crippen molar-refractivity contribution in [1.29, 1.82) is 0 Å². The Kier molecular flexibility index (Phi) is 4.87. The van der Waals surface area contributed by atoms with Gasteiger partial charge in [0.2, 0.25) is 10.0 Å². The SMILES string of the molecule is NCc1cc(S(=O)(=O)NCc2ccccc2Cl)c(Br)o1. The number of rotatable bonds is 5. The molecular formula is C12H12BrClN2O3S. The van der Waals surface area contributed by atoms with Crippen LogP contribution in [0.15, 0.2) is 44.3 Å². The molecule has 1 aromatic carbocycles. The summed E-state index contributed by atoms with van der Waals surface area (Å²) in [6.07, 6.45) is 0. The van der Waals surface area contributed by atoms with E-state index in [9.17, 15) is 8.42 Å². The van der Waals surface area contributed by atoms with Crippen LogP contribution >= 0.6 is 27.5 Å². The first-order valence-corrected chi connectivity index (χ1v) is 8.31. The summed E-state index contributed by atoms with van der Waals surface area (Å²) in [6, 6.07) is 8.40. The van der Waals surface area contributed by atoms with Crippen LogP contribution in [0.25, 0.3) is 0 Å². The molecule has 0 unspecified atom stereocenters. The molecule has 0 aliphatic rings. The van der Waals surface area contributed by atoms with Gasteiger partial charge in [0, 0.05) is 17.6 Å². The second-order valence-corrected chi connectivity index (χ2v) is 6.83. The Bertz CT molecular complexity index is 715. The van der Waals surface area contributed by atoms with E-state index in [-0.39, 0.29) is 22.7 Å². The minimum absolute atomic E-state index is 0.0185. The van der Waals surface area contributed by atoms with E-state index in [1.54, 1.807) is 24.3 Å². The summed E-state index contributed by atoms with van der Waals surface area (Å²) >= 11 is 9.04. The average molecular weight is 380 g/mol. The lowest BCUT2D eigenvalue weighted by atomic mass is 10.2. The largest absolute Gasteiger partial charge is 0.452 e. The number of sulfonamides is 1. The minimum atomic E-state index is -3.70. The Morgan fingerprint density at radius 2 is 2.05 bits per heavy atom. The summed E-state index contributed by atoms with van der Waals surface area (Å²) in [7, 11) is -3.70. The zero-order valence-electron chi connectivity index (χ0n) is 10.3. The van der Waals surface area contributed by atoms with Crippen molar-refractivity contribution in [2.75, 3.05) is 0 Å². The second kappa shape index (κ2) is 6.28. The maximum absolute atomic E-state index is 12.2. The van der Waals surface area contributed by atoms with E-state index in [4.69, 9.17) is 21.8 Å². The topological polar surface area (TPSA) is 85.3 Å². The highest BCUT2D eigenvalue weighted by Crippen LogP contribution is 2.26. The lowest BCUT2D eigenvalue weighted by Gasteiger charge is -2.06. The van der Waals surface area contributed by atoms with Crippen molar-refractivity contribution >= 4 is 37.6 Å². The molecule has 2 rings (SSSR count). The Hall–Kier alpha value is -0.860. The van der Waals surface area contributed by atoms with E-state index in [0.717, 1.165) is 0 Å². The average Bonchev–Trinajstić information content (AvgIpc) is 2.80. The van der Waals surface area contributed by atoms with Gasteiger partial charge in [-0.15, -0.1) is 0 Å². The first-order valence-electron chi connectivity index (χ1n) is 5.65. The van der Waals surface area contributed by atoms with E-state index in [1.807, 2.05) is 0 Å². The second-order valence-electron chi connectivity index (χ2n) is 3.97. The van der Waals surface area contributed by atoms with Gasteiger partial charge in [-0.05, 0) is 27.6 Å². The number of furan rings is 1. The smallest absolute Gasteiger partial charge is 0.245 e. The summed E-state index contributed by atoms with van der Waals surface area (Å²) in [5.74, 6) is 0.384. The molecule has 1 heterocycles. The molecule has 0 saturated carbocycles. The summed E-state index contributed by atoms with van der Waals surface area (Å²) in [5.41, 5.74) is 6.10. The summed E-state index contributed by atoms with van der Waals surface area (Å²) in [6.45, 7) is 0.218. The summed E-state index contributed by atoms with van der Waals surface area (Å²) < 4.78 is 32.1. The van der Waals surface area contributed by atoms with Crippen molar-refractivity contribution in [1.82, 2.24) is 4.72 Å². The van der Waals surface area contributed by atoms with Gasteiger partial charge in [-0.25, -0.2) is 13.1 Å². The van der Waals surface area contributed by atoms with E-state index < -0.39 is 10.0 Å². The molecular weight excluding hydrogens is 368 g/mol. The molecule has 3 N–H and O–H groups in total. The number of benzene rings is 1. The Morgan fingerprint density at radius 1 is 1.35 bits per heavy atom. The third-order valence-corrected chi connectivity index (χ3v) is 5.23. The van der Waals surface area contributed by atoms with Crippen LogP contribution in [0.5, 0.6) is 0 Å². The van der Waals surface area contributed by atoms with Gasteiger partial charge in [-0.1, -0.05) is 29.8 Å². The van der Waals surface area contributed by atoms with Gasteiger partial charge in [0.1, 0.15) is 10.7 Å². The van der Waals surface area contributed by atoms with Gasteiger partial charge < -0.3 is 10.2 Å². The predicted molar refractivity (Wildman–Crippen MR) is 79.8 cm³/mol. The molecule has 0 amide bonds. The van der Waals surface area contributed by atoms with Crippen LogP contribution in [-0.4, -0.2) is 8.42 Å². The third kappa shape index (κ3) is 3.42. The standard InChI is InChI=1S/C12H12BrClN2O3S/c13-12-11(5-9(6-15)19-12)20(17,18)16-7-8-3-1-2-4-10(8)14/h1-5,16H,6-7,15H2. The monoisotopic (exact) mass is 378 g/mol. The van der Waals surface area contributed by atoms with Crippen LogP contribution in [0.1, 0.15) is 11.3 Å². The van der Waals surface area contributed by atoms with Crippen molar-refractivity contribution in [3.63, 3.8) is 0 Å². The first-order chi connectivity index (χ1) is 9.44. The lowest BCUT2D eigenvalue weighted by Crippen LogP contribution is -2.23. The maximum atomic E-state index is 12.2. The molecule has 0 bridgehead atoms. The normalized spacial score (nSPS) is 11.8. The van der Waals surface area contributed by atoms with Gasteiger partial charge in [0.15, 0.2) is 4.67 Å². The van der Waals surface area contributed by atoms with Crippen LogP contribution < -0.4 is 10.5 Å². The number of hydrogen-bond donors (Lipinski definition) is 2. The molecule has 0 aliphatic carbocycles.